The summed E-state index contributed by atoms with van der Waals surface area (Å²) in [5.74, 6) is -0.276. The van der Waals surface area contributed by atoms with E-state index in [1.807, 2.05) is 72.5 Å². The fraction of sp³-hybridized carbons (Fsp3) is 0.308. The van der Waals surface area contributed by atoms with E-state index in [0.717, 1.165) is 16.3 Å². The lowest BCUT2D eigenvalue weighted by molar-refractivity contribution is -0.133. The van der Waals surface area contributed by atoms with Gasteiger partial charge in [0.2, 0.25) is 10.0 Å². The molecule has 2 aliphatic rings. The Balaban J connectivity index is 1.27. The number of rotatable bonds is 6. The Kier molecular flexibility index (Phi) is 6.08. The summed E-state index contributed by atoms with van der Waals surface area (Å²) in [6.45, 7) is 3.43. The molecule has 2 saturated heterocycles. The minimum absolute atomic E-state index is 0.128. The van der Waals surface area contributed by atoms with Gasteiger partial charge in [-0.15, -0.1) is 0 Å². The summed E-state index contributed by atoms with van der Waals surface area (Å²) in [5, 5.41) is 4.76. The van der Waals surface area contributed by atoms with Gasteiger partial charge in [0, 0.05) is 26.2 Å². The van der Waals surface area contributed by atoms with Crippen LogP contribution in [0.15, 0.2) is 77.7 Å². The molecule has 182 valence electrons. The lowest BCUT2D eigenvalue weighted by atomic mass is 9.87. The number of fused-ring (bicyclic) bond motifs is 1. The van der Waals surface area contributed by atoms with E-state index in [9.17, 15) is 18.0 Å². The molecule has 0 radical (unpaired) electrons. The van der Waals surface area contributed by atoms with E-state index < -0.39 is 21.6 Å². The number of benzene rings is 3. The zero-order valence-corrected chi connectivity index (χ0v) is 20.4. The van der Waals surface area contributed by atoms with Crippen LogP contribution in [0.25, 0.3) is 10.8 Å². The van der Waals surface area contributed by atoms with Gasteiger partial charge in [-0.3, -0.25) is 9.69 Å². The molecule has 1 unspecified atom stereocenters. The van der Waals surface area contributed by atoms with E-state index in [1.54, 1.807) is 12.1 Å². The third-order valence-corrected chi connectivity index (χ3v) is 8.90. The van der Waals surface area contributed by atoms with Crippen LogP contribution in [0.3, 0.4) is 0 Å². The van der Waals surface area contributed by atoms with Crippen LogP contribution in [0.1, 0.15) is 18.9 Å². The Bertz CT molecular complexity index is 1370. The van der Waals surface area contributed by atoms with Crippen LogP contribution in [0.2, 0.25) is 0 Å². The maximum absolute atomic E-state index is 13.4. The zero-order valence-electron chi connectivity index (χ0n) is 19.6. The monoisotopic (exact) mass is 492 g/mol. The first-order valence-electron chi connectivity index (χ1n) is 11.8. The van der Waals surface area contributed by atoms with Gasteiger partial charge in [-0.25, -0.2) is 18.1 Å². The Morgan fingerprint density at radius 1 is 0.857 bits per heavy atom. The number of nitrogens with zero attached hydrogens (tertiary/aromatic N) is 3. The van der Waals surface area contributed by atoms with Crippen molar-refractivity contribution < 1.29 is 18.0 Å². The molecule has 3 aromatic rings. The summed E-state index contributed by atoms with van der Waals surface area (Å²) in [5.41, 5.74) is -0.311. The average Bonchev–Trinajstić information content (AvgIpc) is 3.14. The van der Waals surface area contributed by atoms with Crippen molar-refractivity contribution in [2.75, 3.05) is 32.8 Å². The number of piperazine rings is 1. The lowest BCUT2D eigenvalue weighted by Gasteiger charge is -2.35. The molecule has 5 rings (SSSR count). The van der Waals surface area contributed by atoms with Crippen LogP contribution in [0, 0.1) is 0 Å². The van der Waals surface area contributed by atoms with Gasteiger partial charge < -0.3 is 5.32 Å². The molecule has 8 nitrogen and oxygen atoms in total. The van der Waals surface area contributed by atoms with Gasteiger partial charge >= 0.3 is 6.03 Å². The van der Waals surface area contributed by atoms with E-state index in [0.29, 0.717) is 19.5 Å². The van der Waals surface area contributed by atoms with Crippen LogP contribution in [0.4, 0.5) is 4.79 Å². The van der Waals surface area contributed by atoms with Gasteiger partial charge in [0.05, 0.1) is 11.6 Å². The molecule has 1 atom stereocenters. The summed E-state index contributed by atoms with van der Waals surface area (Å²) in [7, 11) is -3.64. The lowest BCUT2D eigenvalue weighted by Crippen LogP contribution is -2.52. The van der Waals surface area contributed by atoms with Crippen LogP contribution in [-0.2, 0) is 20.4 Å². The Hall–Kier alpha value is -3.27. The van der Waals surface area contributed by atoms with E-state index in [2.05, 4.69) is 5.32 Å². The summed E-state index contributed by atoms with van der Waals surface area (Å²) in [6.07, 6.45) is 0.440. The smallest absolute Gasteiger partial charge is 0.319 e. The number of sulfonamides is 1. The third kappa shape index (κ3) is 4.09. The van der Waals surface area contributed by atoms with Gasteiger partial charge in [-0.2, -0.15) is 4.31 Å². The number of hydrogen-bond donors (Lipinski definition) is 1. The molecule has 2 aliphatic heterocycles. The zero-order chi connectivity index (χ0) is 24.6. The molecular weight excluding hydrogens is 464 g/mol. The molecule has 2 fully saturated rings. The largest absolute Gasteiger partial charge is 0.326 e. The molecule has 0 aliphatic carbocycles. The summed E-state index contributed by atoms with van der Waals surface area (Å²) in [6, 6.07) is 21.7. The molecule has 35 heavy (non-hydrogen) atoms. The molecule has 3 aromatic carbocycles. The normalized spacial score (nSPS) is 22.0. The van der Waals surface area contributed by atoms with Gasteiger partial charge in [0.15, 0.2) is 0 Å². The summed E-state index contributed by atoms with van der Waals surface area (Å²) >= 11 is 0. The highest BCUT2D eigenvalue weighted by atomic mass is 32.2. The minimum Gasteiger partial charge on any atom is -0.319 e. The fourth-order valence-electron chi connectivity index (χ4n) is 4.90. The van der Waals surface area contributed by atoms with Crippen LogP contribution >= 0.6 is 0 Å². The Labute approximate surface area is 205 Å². The third-order valence-electron chi connectivity index (χ3n) is 7.00. The van der Waals surface area contributed by atoms with Gasteiger partial charge in [-0.1, -0.05) is 67.6 Å². The minimum atomic E-state index is -3.64. The van der Waals surface area contributed by atoms with Crippen LogP contribution < -0.4 is 5.32 Å². The maximum atomic E-state index is 13.4. The molecule has 0 spiro atoms. The van der Waals surface area contributed by atoms with Gasteiger partial charge in [-0.05, 0) is 34.9 Å². The topological polar surface area (TPSA) is 90.0 Å². The van der Waals surface area contributed by atoms with Gasteiger partial charge in [0.25, 0.3) is 5.91 Å². The number of amides is 3. The quantitative estimate of drug-likeness (QED) is 0.535. The van der Waals surface area contributed by atoms with Crippen molar-refractivity contribution in [3.05, 3.63) is 78.4 Å². The van der Waals surface area contributed by atoms with E-state index in [-0.39, 0.29) is 30.6 Å². The molecule has 3 amide bonds. The number of imide groups is 1. The number of carbonyl (C=O) groups excluding carboxylic acids is 2. The van der Waals surface area contributed by atoms with E-state index in [1.165, 1.54) is 9.21 Å². The molecule has 2 heterocycles. The SMILES string of the molecule is CCC1(c2ccccc2)NC(=O)N(CN2CCN(S(=O)(=O)c3ccc4ccccc4c3)CC2)C1=O. The average molecular weight is 493 g/mol. The van der Waals surface area contributed by atoms with Crippen molar-refractivity contribution in [3.63, 3.8) is 0 Å². The van der Waals surface area contributed by atoms with Crippen LogP contribution in [-0.4, -0.2) is 67.3 Å². The van der Waals surface area contributed by atoms with E-state index in [4.69, 9.17) is 0 Å². The Morgan fingerprint density at radius 3 is 2.20 bits per heavy atom. The first-order valence-corrected chi connectivity index (χ1v) is 13.2. The predicted octanol–water partition coefficient (Wildman–Crippen LogP) is 2.96. The fourth-order valence-corrected chi connectivity index (χ4v) is 6.36. The second-order valence-corrected chi connectivity index (χ2v) is 10.9. The van der Waals surface area contributed by atoms with Crippen molar-refractivity contribution in [1.29, 1.82) is 0 Å². The van der Waals surface area contributed by atoms with Crippen molar-refractivity contribution in [1.82, 2.24) is 19.4 Å². The second-order valence-electron chi connectivity index (χ2n) is 8.96. The van der Waals surface area contributed by atoms with Crippen molar-refractivity contribution >= 4 is 32.7 Å². The number of hydrogen-bond acceptors (Lipinski definition) is 5. The first-order chi connectivity index (χ1) is 16.8. The number of nitrogens with one attached hydrogen (secondary N) is 1. The maximum Gasteiger partial charge on any atom is 0.326 e. The molecule has 0 aromatic heterocycles. The van der Waals surface area contributed by atoms with Crippen molar-refractivity contribution in [3.8, 4) is 0 Å². The van der Waals surface area contributed by atoms with Crippen LogP contribution in [0.5, 0.6) is 0 Å². The highest BCUT2D eigenvalue weighted by Gasteiger charge is 2.51. The predicted molar refractivity (Wildman–Crippen MR) is 133 cm³/mol. The molecule has 9 heteroatoms. The van der Waals surface area contributed by atoms with Gasteiger partial charge in [0.1, 0.15) is 5.54 Å². The van der Waals surface area contributed by atoms with Crippen molar-refractivity contribution in [2.24, 2.45) is 0 Å². The first kappa shape index (κ1) is 23.5. The molecule has 0 saturated carbocycles. The highest BCUT2D eigenvalue weighted by molar-refractivity contribution is 7.89. The molecule has 0 bridgehead atoms. The second kappa shape index (κ2) is 9.07. The Morgan fingerprint density at radius 2 is 1.51 bits per heavy atom. The van der Waals surface area contributed by atoms with Crippen molar-refractivity contribution in [2.45, 2.75) is 23.8 Å². The standard InChI is InChI=1S/C26H28N4O4S/c1-2-26(22-10-4-3-5-11-22)24(31)30(25(32)27-26)19-28-14-16-29(17-15-28)35(33,34)23-13-12-20-8-6-7-9-21(20)18-23/h3-13,18H,2,14-17,19H2,1H3,(H,27,32). The molecular formula is C26H28N4O4S. The number of urea groups is 1. The summed E-state index contributed by atoms with van der Waals surface area (Å²) in [4.78, 5) is 29.6. The summed E-state index contributed by atoms with van der Waals surface area (Å²) < 4.78 is 28.0. The highest BCUT2D eigenvalue weighted by Crippen LogP contribution is 2.32. The number of carbonyl (C=O) groups is 2. The molecule has 1 N–H and O–H groups in total. The van der Waals surface area contributed by atoms with E-state index >= 15 is 0 Å².